The van der Waals surface area contributed by atoms with Gasteiger partial charge in [-0.1, -0.05) is 25.1 Å². The van der Waals surface area contributed by atoms with E-state index in [1.54, 1.807) is 0 Å². The van der Waals surface area contributed by atoms with Crippen LogP contribution < -0.4 is 5.32 Å². The molecular weight excluding hydrogens is 314 g/mol. The summed E-state index contributed by atoms with van der Waals surface area (Å²) in [5.41, 5.74) is 3.44. The molecule has 4 rings (SSSR count). The Hall–Kier alpha value is -2.11. The molecule has 3 heterocycles. The molecule has 5 nitrogen and oxygen atoms in total. The molecule has 132 valence electrons. The summed E-state index contributed by atoms with van der Waals surface area (Å²) in [7, 11) is 1.95. The van der Waals surface area contributed by atoms with Gasteiger partial charge < -0.3 is 14.5 Å². The number of para-hydroxylation sites is 1. The lowest BCUT2D eigenvalue weighted by atomic mass is 9.97. The molecule has 1 aliphatic heterocycles. The van der Waals surface area contributed by atoms with Crippen molar-refractivity contribution >= 4 is 11.0 Å². The number of ether oxygens (including phenoxy) is 1. The van der Waals surface area contributed by atoms with Gasteiger partial charge in [0.2, 0.25) is 0 Å². The predicted molar refractivity (Wildman–Crippen MR) is 97.3 cm³/mol. The Bertz CT molecular complexity index is 852. The number of nitrogens with one attached hydrogen (secondary N) is 1. The van der Waals surface area contributed by atoms with Gasteiger partial charge in [0.25, 0.3) is 0 Å². The fourth-order valence-electron chi connectivity index (χ4n) is 3.81. The molecule has 1 N–H and O–H groups in total. The van der Waals surface area contributed by atoms with E-state index in [0.717, 1.165) is 43.9 Å². The quantitative estimate of drug-likeness (QED) is 0.745. The lowest BCUT2D eigenvalue weighted by Crippen LogP contribution is -2.24. The molecule has 1 fully saturated rings. The Labute approximate surface area is 148 Å². The number of furan rings is 1. The molecular formula is C20H25N3O2. The summed E-state index contributed by atoms with van der Waals surface area (Å²) >= 11 is 0. The number of hydrogen-bond acceptors (Lipinski definition) is 4. The molecule has 1 aliphatic rings. The van der Waals surface area contributed by atoms with Crippen molar-refractivity contribution in [1.82, 2.24) is 15.1 Å². The average molecular weight is 339 g/mol. The molecule has 5 heteroatoms. The number of fused-ring (bicyclic) bond motifs is 1. The van der Waals surface area contributed by atoms with E-state index in [9.17, 15) is 0 Å². The van der Waals surface area contributed by atoms with Crippen LogP contribution in [0.15, 0.2) is 41.1 Å². The monoisotopic (exact) mass is 339 g/mol. The molecule has 1 saturated heterocycles. The first-order valence-electron chi connectivity index (χ1n) is 9.06. The maximum absolute atomic E-state index is 5.99. The summed E-state index contributed by atoms with van der Waals surface area (Å²) in [4.78, 5) is 0. The van der Waals surface area contributed by atoms with Gasteiger partial charge in [-0.3, -0.25) is 4.68 Å². The predicted octanol–water partition coefficient (Wildman–Crippen LogP) is 3.60. The van der Waals surface area contributed by atoms with Crippen LogP contribution in [0.5, 0.6) is 0 Å². The van der Waals surface area contributed by atoms with Crippen LogP contribution in [-0.2, 0) is 24.8 Å². The highest BCUT2D eigenvalue weighted by Gasteiger charge is 2.30. The van der Waals surface area contributed by atoms with Gasteiger partial charge in [-0.15, -0.1) is 0 Å². The molecule has 3 aromatic rings. The van der Waals surface area contributed by atoms with E-state index >= 15 is 0 Å². The smallest absolute Gasteiger partial charge is 0.134 e. The molecule has 0 radical (unpaired) electrons. The third-order valence-electron chi connectivity index (χ3n) is 5.08. The minimum absolute atomic E-state index is 0.146. The second-order valence-corrected chi connectivity index (χ2v) is 6.77. The molecule has 0 spiro atoms. The van der Waals surface area contributed by atoms with Gasteiger partial charge in [0, 0.05) is 61.8 Å². The number of nitrogens with zero attached hydrogens (tertiary/aromatic N) is 2. The first-order chi connectivity index (χ1) is 12.3. The molecule has 0 aliphatic carbocycles. The van der Waals surface area contributed by atoms with Crippen molar-refractivity contribution < 1.29 is 9.15 Å². The maximum atomic E-state index is 5.99. The zero-order chi connectivity index (χ0) is 17.2. The van der Waals surface area contributed by atoms with Crippen LogP contribution >= 0.6 is 0 Å². The number of rotatable bonds is 6. The van der Waals surface area contributed by atoms with Gasteiger partial charge in [0.1, 0.15) is 11.3 Å². The number of aromatic nitrogens is 2. The lowest BCUT2D eigenvalue weighted by molar-refractivity contribution is 0.0904. The minimum atomic E-state index is 0.146. The van der Waals surface area contributed by atoms with Gasteiger partial charge in [-0.25, -0.2) is 0 Å². The molecule has 0 unspecified atom stereocenters. The third kappa shape index (κ3) is 3.22. The third-order valence-corrected chi connectivity index (χ3v) is 5.08. The largest absolute Gasteiger partial charge is 0.461 e. The zero-order valence-corrected chi connectivity index (χ0v) is 14.9. The molecule has 0 bridgehead atoms. The van der Waals surface area contributed by atoms with Crippen molar-refractivity contribution in [1.29, 1.82) is 0 Å². The normalized spacial score (nSPS) is 20.6. The highest BCUT2D eigenvalue weighted by Crippen LogP contribution is 2.34. The SMILES string of the molecule is CCc1oc2ccccc2c1CNC[C@H]1CCO[C@@H]1c1cnn(C)c1. The standard InChI is InChI=1S/C20H25N3O2/c1-3-18-17(16-6-4-5-7-19(16)25-18)12-21-10-14-8-9-24-20(14)15-11-22-23(2)13-15/h4-7,11,13-14,20-21H,3,8-10,12H2,1-2H3/t14-,20+/m1/s1. The first kappa shape index (κ1) is 16.4. The van der Waals surface area contributed by atoms with E-state index in [-0.39, 0.29) is 6.10 Å². The van der Waals surface area contributed by atoms with E-state index < -0.39 is 0 Å². The molecule has 0 saturated carbocycles. The Morgan fingerprint density at radius 1 is 1.32 bits per heavy atom. The molecule has 0 amide bonds. The minimum Gasteiger partial charge on any atom is -0.461 e. The van der Waals surface area contributed by atoms with Crippen molar-refractivity contribution in [3.63, 3.8) is 0 Å². The van der Waals surface area contributed by atoms with Crippen LogP contribution in [0.1, 0.15) is 36.3 Å². The van der Waals surface area contributed by atoms with Gasteiger partial charge in [0.15, 0.2) is 0 Å². The second-order valence-electron chi connectivity index (χ2n) is 6.77. The van der Waals surface area contributed by atoms with E-state index in [4.69, 9.17) is 9.15 Å². The summed E-state index contributed by atoms with van der Waals surface area (Å²) in [5, 5.41) is 9.13. The summed E-state index contributed by atoms with van der Waals surface area (Å²) in [6, 6.07) is 8.29. The van der Waals surface area contributed by atoms with Gasteiger partial charge in [-0.2, -0.15) is 5.10 Å². The summed E-state index contributed by atoms with van der Waals surface area (Å²) in [6.45, 7) is 4.73. The fraction of sp³-hybridized carbons (Fsp3) is 0.450. The lowest BCUT2D eigenvalue weighted by Gasteiger charge is -2.18. The van der Waals surface area contributed by atoms with Crippen molar-refractivity contribution in [2.45, 2.75) is 32.4 Å². The Kier molecular flexibility index (Phi) is 4.59. The van der Waals surface area contributed by atoms with Gasteiger partial charge >= 0.3 is 0 Å². The molecule has 2 atom stereocenters. The summed E-state index contributed by atoms with van der Waals surface area (Å²) in [5.74, 6) is 1.56. The van der Waals surface area contributed by atoms with Crippen molar-refractivity contribution in [2.75, 3.05) is 13.2 Å². The van der Waals surface area contributed by atoms with Crippen molar-refractivity contribution in [3.8, 4) is 0 Å². The van der Waals surface area contributed by atoms with Crippen LogP contribution in [0.4, 0.5) is 0 Å². The molecule has 2 aromatic heterocycles. The topological polar surface area (TPSA) is 52.2 Å². The highest BCUT2D eigenvalue weighted by molar-refractivity contribution is 5.82. The van der Waals surface area contributed by atoms with Crippen LogP contribution in [0.3, 0.4) is 0 Å². The van der Waals surface area contributed by atoms with E-state index in [2.05, 4.69) is 35.7 Å². The van der Waals surface area contributed by atoms with E-state index in [0.29, 0.717) is 5.92 Å². The number of benzene rings is 1. The highest BCUT2D eigenvalue weighted by atomic mass is 16.5. The van der Waals surface area contributed by atoms with Crippen LogP contribution in [0.2, 0.25) is 0 Å². The Balaban J connectivity index is 1.44. The van der Waals surface area contributed by atoms with Crippen LogP contribution in [0.25, 0.3) is 11.0 Å². The van der Waals surface area contributed by atoms with Crippen molar-refractivity contribution in [2.24, 2.45) is 13.0 Å². The van der Waals surface area contributed by atoms with Crippen molar-refractivity contribution in [3.05, 3.63) is 53.5 Å². The van der Waals surface area contributed by atoms with E-state index in [1.165, 1.54) is 16.5 Å². The number of hydrogen-bond donors (Lipinski definition) is 1. The first-order valence-corrected chi connectivity index (χ1v) is 9.06. The number of aryl methyl sites for hydroxylation is 2. The molecule has 1 aromatic carbocycles. The Morgan fingerprint density at radius 2 is 2.20 bits per heavy atom. The Morgan fingerprint density at radius 3 is 3.00 bits per heavy atom. The zero-order valence-electron chi connectivity index (χ0n) is 14.9. The molecule has 25 heavy (non-hydrogen) atoms. The fourth-order valence-corrected chi connectivity index (χ4v) is 3.81. The van der Waals surface area contributed by atoms with Crippen LogP contribution in [-0.4, -0.2) is 22.9 Å². The summed E-state index contributed by atoms with van der Waals surface area (Å²) in [6.07, 6.45) is 6.12. The van der Waals surface area contributed by atoms with Gasteiger partial charge in [0.05, 0.1) is 12.3 Å². The van der Waals surface area contributed by atoms with Crippen LogP contribution in [0, 0.1) is 5.92 Å². The average Bonchev–Trinajstić information content (AvgIpc) is 3.33. The maximum Gasteiger partial charge on any atom is 0.134 e. The van der Waals surface area contributed by atoms with E-state index in [1.807, 2.05) is 30.1 Å². The summed E-state index contributed by atoms with van der Waals surface area (Å²) < 4.78 is 13.8. The van der Waals surface area contributed by atoms with Gasteiger partial charge in [-0.05, 0) is 12.5 Å². The second kappa shape index (κ2) is 7.02.